The first-order chi connectivity index (χ1) is 57.8. The molecule has 12 aromatic rings. The third-order valence-corrected chi connectivity index (χ3v) is 39.4. The molecule has 12 nitrogen and oxygen atoms in total. The van der Waals surface area contributed by atoms with Crippen LogP contribution in [0.15, 0.2) is 364 Å². The minimum absolute atomic E-state index is 0. The van der Waals surface area contributed by atoms with Crippen molar-refractivity contribution in [2.24, 2.45) is 46.3 Å². The zero-order chi connectivity index (χ0) is 84.0. The van der Waals surface area contributed by atoms with Gasteiger partial charge in [0.25, 0.3) is 0 Å². The van der Waals surface area contributed by atoms with Crippen molar-refractivity contribution < 1.29 is 34.1 Å². The first kappa shape index (κ1) is 97.0. The zero-order valence-electron chi connectivity index (χ0n) is 66.4. The van der Waals surface area contributed by atoms with Crippen LogP contribution in [-0.2, 0) is 34.1 Å². The number of nitrogens with zero attached hydrogens (tertiary/aromatic N) is 12. The Hall–Kier alpha value is -11.9. The molecule has 0 saturated heterocycles. The van der Waals surface area contributed by atoms with Crippen LogP contribution in [-0.4, -0.2) is 37.0 Å². The van der Waals surface area contributed by atoms with E-state index in [-0.39, 0.29) is 45.0 Å². The Labute approximate surface area is 736 Å². The van der Waals surface area contributed by atoms with Crippen molar-refractivity contribution in [3.63, 3.8) is 0 Å². The summed E-state index contributed by atoms with van der Waals surface area (Å²) in [6.45, 7) is 5.27. The second-order valence-electron chi connectivity index (χ2n) is 28.4. The first-order valence-electron chi connectivity index (χ1n) is 38.3. The maximum atomic E-state index is 8.18. The summed E-state index contributed by atoms with van der Waals surface area (Å²) in [7, 11) is -6.24. The molecule has 0 heterocycles. The largest absolute Gasteiger partial charge is 0.197 e. The van der Waals surface area contributed by atoms with Gasteiger partial charge in [-0.3, -0.25) is 0 Å². The summed E-state index contributed by atoms with van der Waals surface area (Å²) in [4.78, 5) is 0. The van der Waals surface area contributed by atoms with Gasteiger partial charge >= 0.3 is 0 Å². The molecule has 0 atom stereocenters. The summed E-state index contributed by atoms with van der Waals surface area (Å²) >= 11 is 0. The molecular formula is C100H90Fe2N12P6+6. The van der Waals surface area contributed by atoms with Gasteiger partial charge in [0.15, 0.2) is 35.5 Å². The van der Waals surface area contributed by atoms with Crippen LogP contribution in [0.1, 0.15) is 13.8 Å². The minimum atomic E-state index is -1.13. The molecule has 0 saturated carbocycles. The normalized spacial score (nSPS) is 10.4. The van der Waals surface area contributed by atoms with Gasteiger partial charge in [-0.1, -0.05) is 218 Å². The monoisotopic (exact) mass is 1760 g/mol. The number of benzene rings is 12. The van der Waals surface area contributed by atoms with E-state index in [4.69, 9.17) is 63.1 Å². The SMILES string of the molecule is CC(C[PH+](c1ccccc1)c1ccccc1)(C[PH+](c1ccccc1)c1ccccc1)C[PH+](c1ccccc1)c1ccccc1.CC(C[PH+](c1ccccc1)c1ccccc1)(C[PH+](c1ccccc1)c1ccccc1)C[PH+](c1ccccc1)c1ccccc1.N#CC(C#N)C(C#N)C#N.N#CC(C#N)C(C#N)C#N.N#CC(C#N)C(C#N)C#N.[Fe].[Fe]. The van der Waals surface area contributed by atoms with Gasteiger partial charge in [-0.15, -0.1) is 0 Å². The maximum Gasteiger partial charge on any atom is 0.162 e. The van der Waals surface area contributed by atoms with Crippen molar-refractivity contribution in [1.82, 2.24) is 0 Å². The van der Waals surface area contributed by atoms with E-state index in [2.05, 4.69) is 378 Å². The standard InChI is InChI=1S/2C41H39P3.3C6H2N4.2Fe/c2*1-41(32-42(35-20-8-2-9-21-35)36-22-10-3-11-23-36,33-43(37-24-12-4-13-25-37)38-26-14-5-15-27-38)34-44(39-28-16-6-17-29-39)40-30-18-7-19-31-40;3*7-1-5(2-8)6(3-9)4-10;;/h2*2-31H,32-34H2,1H3;3*5-6H;;/p+6. The summed E-state index contributed by atoms with van der Waals surface area (Å²) < 4.78 is 0. The molecule has 0 bridgehead atoms. The maximum absolute atomic E-state index is 8.18. The van der Waals surface area contributed by atoms with Crippen LogP contribution < -0.4 is 63.7 Å². The van der Waals surface area contributed by atoms with Gasteiger partial charge < -0.3 is 0 Å². The molecule has 590 valence electrons. The molecule has 0 fully saturated rings. The summed E-state index contributed by atoms with van der Waals surface area (Å²) in [6, 6.07) is 155. The molecule has 0 amide bonds. The van der Waals surface area contributed by atoms with Gasteiger partial charge in [0.05, 0.1) is 232 Å². The van der Waals surface area contributed by atoms with E-state index in [1.165, 1.54) is 101 Å². The van der Waals surface area contributed by atoms with Gasteiger partial charge in [-0.05, 0) is 159 Å². The zero-order valence-corrected chi connectivity index (χ0v) is 74.6. The van der Waals surface area contributed by atoms with Crippen molar-refractivity contribution >= 4 is 111 Å². The molecule has 0 aliphatic heterocycles. The van der Waals surface area contributed by atoms with E-state index < -0.39 is 83.0 Å². The number of nitriles is 12. The second kappa shape index (κ2) is 53.5. The van der Waals surface area contributed by atoms with Crippen LogP contribution in [0, 0.1) is 182 Å². The van der Waals surface area contributed by atoms with E-state index in [0.29, 0.717) is 0 Å². The number of hydrogen-bond acceptors (Lipinski definition) is 12. The fourth-order valence-electron chi connectivity index (χ4n) is 13.9. The van der Waals surface area contributed by atoms with Crippen LogP contribution >= 0.6 is 47.5 Å². The quantitative estimate of drug-likeness (QED) is 0.0343. The summed E-state index contributed by atoms with van der Waals surface area (Å²) in [5, 5.41) is 116. The van der Waals surface area contributed by atoms with Crippen LogP contribution in [0.5, 0.6) is 0 Å². The minimum Gasteiger partial charge on any atom is -0.197 e. The summed E-state index contributed by atoms with van der Waals surface area (Å²) in [6.07, 6.45) is 7.21. The Bertz CT molecular complexity index is 4350. The Morgan fingerprint density at radius 1 is 0.167 bits per heavy atom. The van der Waals surface area contributed by atoms with Crippen molar-refractivity contribution in [1.29, 1.82) is 63.1 Å². The fourth-order valence-corrected chi connectivity index (χ4v) is 33.6. The molecule has 120 heavy (non-hydrogen) atoms. The Balaban J connectivity index is 0.000000274. The number of hydrogen-bond donors (Lipinski definition) is 0. The van der Waals surface area contributed by atoms with Crippen LogP contribution in [0.2, 0.25) is 0 Å². The molecule has 0 unspecified atom stereocenters. The van der Waals surface area contributed by atoms with E-state index >= 15 is 0 Å². The molecular weight excluding hydrogens is 1670 g/mol. The van der Waals surface area contributed by atoms with Crippen molar-refractivity contribution in [3.05, 3.63) is 364 Å². The Morgan fingerprint density at radius 2 is 0.242 bits per heavy atom. The van der Waals surface area contributed by atoms with E-state index in [9.17, 15) is 0 Å². The topological polar surface area (TPSA) is 285 Å². The fraction of sp³-hybridized carbons (Fsp3) is 0.160. The molecule has 0 aromatic heterocycles. The third kappa shape index (κ3) is 29.9. The summed E-state index contributed by atoms with van der Waals surface area (Å²) in [5.74, 6) is -6.78. The predicted molar refractivity (Wildman–Crippen MR) is 497 cm³/mol. The Morgan fingerprint density at radius 3 is 0.308 bits per heavy atom. The van der Waals surface area contributed by atoms with Crippen molar-refractivity contribution in [2.45, 2.75) is 13.8 Å². The van der Waals surface area contributed by atoms with Gasteiger partial charge in [0.2, 0.25) is 0 Å². The van der Waals surface area contributed by atoms with Crippen LogP contribution in [0.4, 0.5) is 0 Å². The molecule has 0 radical (unpaired) electrons. The third-order valence-electron chi connectivity index (χ3n) is 19.8. The van der Waals surface area contributed by atoms with Crippen molar-refractivity contribution in [2.75, 3.05) is 37.0 Å². The van der Waals surface area contributed by atoms with Gasteiger partial charge in [-0.25, -0.2) is 0 Å². The molecule has 12 rings (SSSR count). The van der Waals surface area contributed by atoms with Gasteiger partial charge in [-0.2, -0.15) is 63.1 Å². The molecule has 20 heteroatoms. The Kier molecular flexibility index (Phi) is 43.3. The number of rotatable bonds is 27. The molecule has 0 N–H and O–H groups in total. The predicted octanol–water partition coefficient (Wildman–Crippen LogP) is 16.1. The smallest absolute Gasteiger partial charge is 0.162 e. The molecule has 0 aliphatic carbocycles. The average molecular weight is 1760 g/mol. The summed E-state index contributed by atoms with van der Waals surface area (Å²) in [5.41, 5.74) is 0.250. The average Bonchev–Trinajstić information content (AvgIpc) is 0.790. The van der Waals surface area contributed by atoms with E-state index in [1.54, 1.807) is 72.8 Å². The second-order valence-corrected chi connectivity index (χ2v) is 43.2. The van der Waals surface area contributed by atoms with Gasteiger partial charge in [0, 0.05) is 34.1 Å². The molecule has 0 spiro atoms. The van der Waals surface area contributed by atoms with Crippen LogP contribution in [0.25, 0.3) is 0 Å². The first-order valence-corrected chi connectivity index (χ1v) is 48.6. The van der Waals surface area contributed by atoms with Crippen molar-refractivity contribution in [3.8, 4) is 72.8 Å². The van der Waals surface area contributed by atoms with Crippen LogP contribution in [0.3, 0.4) is 0 Å². The van der Waals surface area contributed by atoms with E-state index in [1.807, 2.05) is 0 Å². The van der Waals surface area contributed by atoms with E-state index in [0.717, 1.165) is 0 Å². The molecule has 0 aliphatic rings. The molecule has 12 aromatic carbocycles. The van der Waals surface area contributed by atoms with Gasteiger partial charge in [0.1, 0.15) is 0 Å².